The van der Waals surface area contributed by atoms with E-state index in [1.807, 2.05) is 60.7 Å². The Hall–Kier alpha value is -3.63. The van der Waals surface area contributed by atoms with E-state index in [0.717, 1.165) is 18.2 Å². The molecule has 0 aromatic heterocycles. The third-order valence-electron chi connectivity index (χ3n) is 5.31. The number of methoxy groups -OCH3 is 1. The largest absolute Gasteiger partial charge is 0.467 e. The van der Waals surface area contributed by atoms with Crippen molar-refractivity contribution < 1.29 is 38.4 Å². The number of carbonyl (C=O) groups is 3. The second kappa shape index (κ2) is 15.6. The maximum Gasteiger partial charge on any atom is 0.407 e. The van der Waals surface area contributed by atoms with Gasteiger partial charge in [0.25, 0.3) is 0 Å². The van der Waals surface area contributed by atoms with Gasteiger partial charge in [-0.2, -0.15) is 0 Å². The molecule has 10 nitrogen and oxygen atoms in total. The van der Waals surface area contributed by atoms with Crippen molar-refractivity contribution >= 4 is 18.2 Å². The van der Waals surface area contributed by atoms with Crippen molar-refractivity contribution in [1.29, 1.82) is 0 Å². The second-order valence-corrected chi connectivity index (χ2v) is 9.61. The van der Waals surface area contributed by atoms with E-state index in [2.05, 4.69) is 10.6 Å². The van der Waals surface area contributed by atoms with E-state index in [1.54, 1.807) is 20.8 Å². The SMILES string of the molecule is COC(=O)[C@H](O)[C@H](OCc1ccccc1)[C@H](CCCNC(=O)OCc1ccccc1)NC(=O)OC(C)(C)C. The number of nitrogens with one attached hydrogen (secondary N) is 2. The molecule has 38 heavy (non-hydrogen) atoms. The summed E-state index contributed by atoms with van der Waals surface area (Å²) < 4.78 is 21.2. The van der Waals surface area contributed by atoms with Gasteiger partial charge in [0, 0.05) is 6.54 Å². The van der Waals surface area contributed by atoms with Crippen LogP contribution < -0.4 is 10.6 Å². The van der Waals surface area contributed by atoms with Crippen molar-refractivity contribution in [2.24, 2.45) is 0 Å². The van der Waals surface area contributed by atoms with E-state index in [4.69, 9.17) is 18.9 Å². The van der Waals surface area contributed by atoms with E-state index >= 15 is 0 Å². The Labute approximate surface area is 223 Å². The molecule has 0 saturated heterocycles. The number of aliphatic hydroxyl groups excluding tert-OH is 1. The van der Waals surface area contributed by atoms with Gasteiger partial charge in [-0.15, -0.1) is 0 Å². The van der Waals surface area contributed by atoms with Crippen LogP contribution in [0.25, 0.3) is 0 Å². The summed E-state index contributed by atoms with van der Waals surface area (Å²) in [6.07, 6.45) is -3.53. The molecule has 0 unspecified atom stereocenters. The van der Waals surface area contributed by atoms with Crippen LogP contribution in [0.1, 0.15) is 44.7 Å². The Kier molecular flexibility index (Phi) is 12.5. The number of rotatable bonds is 13. The molecule has 2 aromatic carbocycles. The monoisotopic (exact) mass is 530 g/mol. The van der Waals surface area contributed by atoms with Gasteiger partial charge in [-0.25, -0.2) is 14.4 Å². The lowest BCUT2D eigenvalue weighted by Gasteiger charge is -2.31. The number of carbonyl (C=O) groups excluding carboxylic acids is 3. The predicted molar refractivity (Wildman–Crippen MR) is 140 cm³/mol. The molecule has 0 aliphatic carbocycles. The van der Waals surface area contributed by atoms with Crippen LogP contribution in [0.3, 0.4) is 0 Å². The van der Waals surface area contributed by atoms with E-state index in [-0.39, 0.29) is 26.2 Å². The minimum atomic E-state index is -1.67. The van der Waals surface area contributed by atoms with Crippen LogP contribution in [0.5, 0.6) is 0 Å². The highest BCUT2D eigenvalue weighted by molar-refractivity contribution is 5.75. The molecule has 2 aromatic rings. The maximum atomic E-state index is 12.6. The Balaban J connectivity index is 2.05. The lowest BCUT2D eigenvalue weighted by molar-refractivity contribution is -0.162. The van der Waals surface area contributed by atoms with Crippen molar-refractivity contribution in [3.63, 3.8) is 0 Å². The average Bonchev–Trinajstić information content (AvgIpc) is 2.89. The van der Waals surface area contributed by atoms with Gasteiger partial charge < -0.3 is 34.7 Å². The molecule has 0 aliphatic heterocycles. The van der Waals surface area contributed by atoms with Gasteiger partial charge in [0.2, 0.25) is 0 Å². The summed E-state index contributed by atoms with van der Waals surface area (Å²) in [6.45, 7) is 5.60. The molecule has 0 heterocycles. The van der Waals surface area contributed by atoms with Crippen LogP contribution >= 0.6 is 0 Å². The summed E-state index contributed by atoms with van der Waals surface area (Å²) in [7, 11) is 1.15. The zero-order chi connectivity index (χ0) is 28.0. The lowest BCUT2D eigenvalue weighted by atomic mass is 10.00. The number of amides is 2. The minimum absolute atomic E-state index is 0.0795. The van der Waals surface area contributed by atoms with Crippen molar-refractivity contribution in [2.45, 2.75) is 70.7 Å². The van der Waals surface area contributed by atoms with Gasteiger partial charge in [-0.1, -0.05) is 60.7 Å². The normalized spacial score (nSPS) is 13.5. The first-order chi connectivity index (χ1) is 18.1. The van der Waals surface area contributed by atoms with E-state index < -0.39 is 42.0 Å². The van der Waals surface area contributed by atoms with Crippen molar-refractivity contribution in [3.05, 3.63) is 71.8 Å². The topological polar surface area (TPSA) is 132 Å². The van der Waals surface area contributed by atoms with Gasteiger partial charge in [0.15, 0.2) is 6.10 Å². The van der Waals surface area contributed by atoms with Crippen LogP contribution in [0.2, 0.25) is 0 Å². The molecular weight excluding hydrogens is 492 g/mol. The molecule has 2 rings (SSSR count). The molecule has 2 amide bonds. The predicted octanol–water partition coefficient (Wildman–Crippen LogP) is 3.71. The molecule has 0 saturated carbocycles. The number of alkyl carbamates (subject to hydrolysis) is 2. The number of aliphatic hydroxyl groups is 1. The smallest absolute Gasteiger partial charge is 0.407 e. The zero-order valence-corrected chi connectivity index (χ0v) is 22.3. The molecule has 0 spiro atoms. The van der Waals surface area contributed by atoms with Crippen molar-refractivity contribution in [3.8, 4) is 0 Å². The van der Waals surface area contributed by atoms with Crippen LogP contribution in [0.4, 0.5) is 9.59 Å². The summed E-state index contributed by atoms with van der Waals surface area (Å²) in [6, 6.07) is 17.6. The summed E-state index contributed by atoms with van der Waals surface area (Å²) in [5, 5.41) is 16.1. The quantitative estimate of drug-likeness (QED) is 0.203. The summed E-state index contributed by atoms with van der Waals surface area (Å²) in [4.78, 5) is 36.9. The Morgan fingerprint density at radius 2 is 1.47 bits per heavy atom. The Morgan fingerprint density at radius 1 is 0.895 bits per heavy atom. The van der Waals surface area contributed by atoms with Crippen molar-refractivity contribution in [1.82, 2.24) is 10.6 Å². The van der Waals surface area contributed by atoms with Gasteiger partial charge >= 0.3 is 18.2 Å². The highest BCUT2D eigenvalue weighted by Crippen LogP contribution is 2.17. The number of ether oxygens (including phenoxy) is 4. The van der Waals surface area contributed by atoms with Crippen LogP contribution in [0.15, 0.2) is 60.7 Å². The fraction of sp³-hybridized carbons (Fsp3) is 0.464. The fourth-order valence-electron chi connectivity index (χ4n) is 3.51. The average molecular weight is 531 g/mol. The first kappa shape index (κ1) is 30.6. The third kappa shape index (κ3) is 11.6. The zero-order valence-electron chi connectivity index (χ0n) is 22.3. The molecule has 0 aliphatic rings. The van der Waals surface area contributed by atoms with Crippen LogP contribution in [0, 0.1) is 0 Å². The standard InChI is InChI=1S/C28H38N2O8/c1-28(2,3)38-27(34)30-22(16-11-17-29-26(33)37-19-21-14-9-6-10-15-21)24(23(31)25(32)35-4)36-18-20-12-7-5-8-13-20/h5-10,12-15,22-24,31H,11,16-19H2,1-4H3,(H,29,33)(H,30,34)/t22-,23+,24+/m0/s1. The minimum Gasteiger partial charge on any atom is -0.467 e. The Bertz CT molecular complexity index is 995. The van der Waals surface area contributed by atoms with Crippen molar-refractivity contribution in [2.75, 3.05) is 13.7 Å². The third-order valence-corrected chi connectivity index (χ3v) is 5.31. The molecule has 3 atom stereocenters. The summed E-state index contributed by atoms with van der Waals surface area (Å²) >= 11 is 0. The molecule has 10 heteroatoms. The van der Waals surface area contributed by atoms with Crippen LogP contribution in [-0.2, 0) is 37.0 Å². The highest BCUT2D eigenvalue weighted by atomic mass is 16.6. The summed E-state index contributed by atoms with van der Waals surface area (Å²) in [5.41, 5.74) is 0.910. The Morgan fingerprint density at radius 3 is 2.03 bits per heavy atom. The van der Waals surface area contributed by atoms with Gasteiger partial charge in [0.05, 0.1) is 19.8 Å². The first-order valence-corrected chi connectivity index (χ1v) is 12.4. The number of hydrogen-bond donors (Lipinski definition) is 3. The van der Waals surface area contributed by atoms with Gasteiger partial charge in [-0.05, 0) is 44.7 Å². The van der Waals surface area contributed by atoms with Gasteiger partial charge in [-0.3, -0.25) is 0 Å². The van der Waals surface area contributed by atoms with E-state index in [1.165, 1.54) is 0 Å². The second-order valence-electron chi connectivity index (χ2n) is 9.61. The summed E-state index contributed by atoms with van der Waals surface area (Å²) in [5.74, 6) is -0.901. The number of esters is 1. The molecule has 208 valence electrons. The fourth-order valence-corrected chi connectivity index (χ4v) is 3.51. The molecular formula is C28H38N2O8. The maximum absolute atomic E-state index is 12.6. The van der Waals surface area contributed by atoms with Crippen LogP contribution in [-0.4, -0.2) is 60.8 Å². The molecule has 0 radical (unpaired) electrons. The van der Waals surface area contributed by atoms with E-state index in [9.17, 15) is 19.5 Å². The molecule has 0 fully saturated rings. The molecule has 3 N–H and O–H groups in total. The van der Waals surface area contributed by atoms with Gasteiger partial charge in [0.1, 0.15) is 18.3 Å². The first-order valence-electron chi connectivity index (χ1n) is 12.4. The highest BCUT2D eigenvalue weighted by Gasteiger charge is 2.36. The number of benzene rings is 2. The lowest BCUT2D eigenvalue weighted by Crippen LogP contribution is -2.53. The molecule has 0 bridgehead atoms. The van der Waals surface area contributed by atoms with E-state index in [0.29, 0.717) is 6.42 Å². The number of hydrogen-bond acceptors (Lipinski definition) is 8.